The Bertz CT molecular complexity index is 1880. The molecule has 4 heterocycles. The number of hydrogen-bond donors (Lipinski definition) is 2. The van der Waals surface area contributed by atoms with E-state index in [9.17, 15) is 4.79 Å². The maximum atomic E-state index is 13.5. The van der Waals surface area contributed by atoms with E-state index in [0.717, 1.165) is 42.3 Å². The third kappa shape index (κ3) is 4.27. The Morgan fingerprint density at radius 2 is 1.90 bits per heavy atom. The minimum atomic E-state index is -0.230. The van der Waals surface area contributed by atoms with Gasteiger partial charge in [-0.25, -0.2) is 14.6 Å². The standard InChI is InChI=1S/C32H31N7O3/c1-3-14-38-15-6-7-20(16-38)39-31-26(30(33)34-17-35-31)27(37-39)24-12-13-25(29-28(24)41-18-42-29)36-32(40)23-11-10-19(2)21-8-4-5-9-22(21)23/h3-5,8-14,17,20H,6-7,15-16,18H2,1-2H3,(H,36,40)(H2,33,34,35)/t20-/m1/s1. The van der Waals surface area contributed by atoms with E-state index in [2.05, 4.69) is 32.5 Å². The lowest BCUT2D eigenvalue weighted by atomic mass is 9.99. The molecule has 2 aliphatic heterocycles. The summed E-state index contributed by atoms with van der Waals surface area (Å²) in [6.45, 7) is 5.91. The van der Waals surface area contributed by atoms with Crippen molar-refractivity contribution in [2.45, 2.75) is 32.7 Å². The molecule has 2 aromatic heterocycles. The second-order valence-electron chi connectivity index (χ2n) is 10.7. The second kappa shape index (κ2) is 10.4. The summed E-state index contributed by atoms with van der Waals surface area (Å²) >= 11 is 0. The molecule has 3 N–H and O–H groups in total. The maximum Gasteiger partial charge on any atom is 0.256 e. The molecule has 0 aliphatic carbocycles. The highest BCUT2D eigenvalue weighted by molar-refractivity contribution is 6.14. The number of carbonyl (C=O) groups is 1. The quantitative estimate of drug-likeness (QED) is 0.281. The highest BCUT2D eigenvalue weighted by atomic mass is 16.7. The van der Waals surface area contributed by atoms with Gasteiger partial charge in [0.05, 0.1) is 17.1 Å². The second-order valence-corrected chi connectivity index (χ2v) is 10.7. The number of aryl methyl sites for hydroxylation is 1. The number of benzene rings is 3. The van der Waals surface area contributed by atoms with E-state index in [-0.39, 0.29) is 18.7 Å². The van der Waals surface area contributed by atoms with Gasteiger partial charge >= 0.3 is 0 Å². The number of fused-ring (bicyclic) bond motifs is 3. The lowest BCUT2D eigenvalue weighted by molar-refractivity contribution is 0.102. The summed E-state index contributed by atoms with van der Waals surface area (Å²) < 4.78 is 13.8. The molecule has 0 saturated carbocycles. The summed E-state index contributed by atoms with van der Waals surface area (Å²) in [6, 6.07) is 15.5. The van der Waals surface area contributed by atoms with Gasteiger partial charge in [-0.2, -0.15) is 5.10 Å². The SMILES string of the molecule is CC=CN1CCC[C@@H](n2nc(-c3ccc(NC(=O)c4ccc(C)c5ccccc45)c4c3OCO4)c3c(N)ncnc32)C1. The minimum absolute atomic E-state index is 0.0221. The van der Waals surface area contributed by atoms with Crippen molar-refractivity contribution in [2.75, 3.05) is 30.9 Å². The van der Waals surface area contributed by atoms with Crippen LogP contribution in [0.2, 0.25) is 0 Å². The molecule has 10 heteroatoms. The molecule has 1 fully saturated rings. The molecule has 1 amide bonds. The number of nitrogens with two attached hydrogens (primary N) is 1. The smallest absolute Gasteiger partial charge is 0.256 e. The molecule has 1 atom stereocenters. The molecule has 212 valence electrons. The van der Waals surface area contributed by atoms with E-state index in [1.807, 2.05) is 67.1 Å². The van der Waals surface area contributed by atoms with Gasteiger partial charge in [-0.05, 0) is 67.4 Å². The maximum absolute atomic E-state index is 13.5. The molecule has 0 bridgehead atoms. The number of nitrogen functional groups attached to an aromatic ring is 1. The van der Waals surface area contributed by atoms with E-state index >= 15 is 0 Å². The Hall–Kier alpha value is -5.12. The van der Waals surface area contributed by atoms with Crippen LogP contribution in [0.4, 0.5) is 11.5 Å². The summed E-state index contributed by atoms with van der Waals surface area (Å²) in [4.78, 5) is 24.7. The van der Waals surface area contributed by atoms with Gasteiger partial charge in [0, 0.05) is 24.2 Å². The number of hydrogen-bond acceptors (Lipinski definition) is 8. The van der Waals surface area contributed by atoms with Crippen molar-refractivity contribution in [1.82, 2.24) is 24.6 Å². The average molecular weight is 562 g/mol. The Kier molecular flexibility index (Phi) is 6.38. The Morgan fingerprint density at radius 3 is 2.76 bits per heavy atom. The van der Waals surface area contributed by atoms with Crippen LogP contribution in [0.25, 0.3) is 33.1 Å². The number of carbonyl (C=O) groups excluding carboxylic acids is 1. The monoisotopic (exact) mass is 561 g/mol. The Morgan fingerprint density at radius 1 is 1.07 bits per heavy atom. The van der Waals surface area contributed by atoms with Crippen LogP contribution in [0.15, 0.2) is 67.1 Å². The highest BCUT2D eigenvalue weighted by Gasteiger charge is 2.30. The number of anilines is 2. The summed E-state index contributed by atoms with van der Waals surface area (Å²) in [5, 5.41) is 10.7. The molecular weight excluding hydrogens is 530 g/mol. The zero-order chi connectivity index (χ0) is 28.8. The van der Waals surface area contributed by atoms with Crippen molar-refractivity contribution in [2.24, 2.45) is 0 Å². The van der Waals surface area contributed by atoms with E-state index in [0.29, 0.717) is 50.9 Å². The van der Waals surface area contributed by atoms with E-state index in [1.165, 1.54) is 6.33 Å². The number of nitrogens with zero attached hydrogens (tertiary/aromatic N) is 5. The first-order valence-corrected chi connectivity index (χ1v) is 14.1. The van der Waals surface area contributed by atoms with Gasteiger partial charge in [-0.15, -0.1) is 0 Å². The first-order chi connectivity index (χ1) is 20.5. The number of piperidine rings is 1. The molecule has 0 spiro atoms. The molecule has 5 aromatic rings. The van der Waals surface area contributed by atoms with Crippen LogP contribution in [0, 0.1) is 6.92 Å². The summed E-state index contributed by atoms with van der Waals surface area (Å²) in [5.41, 5.74) is 10.6. The molecular formula is C32H31N7O3. The first kappa shape index (κ1) is 25.8. The molecule has 2 aliphatic rings. The molecule has 10 nitrogen and oxygen atoms in total. The van der Waals surface area contributed by atoms with Crippen LogP contribution in [0.5, 0.6) is 11.5 Å². The number of aromatic nitrogens is 4. The van der Waals surface area contributed by atoms with Gasteiger partial charge in [-0.1, -0.05) is 36.4 Å². The van der Waals surface area contributed by atoms with Crippen LogP contribution in [0.3, 0.4) is 0 Å². The summed E-state index contributed by atoms with van der Waals surface area (Å²) in [7, 11) is 0. The minimum Gasteiger partial charge on any atom is -0.453 e. The predicted molar refractivity (Wildman–Crippen MR) is 163 cm³/mol. The number of amides is 1. The van der Waals surface area contributed by atoms with E-state index in [4.69, 9.17) is 20.3 Å². The van der Waals surface area contributed by atoms with Crippen molar-refractivity contribution in [1.29, 1.82) is 0 Å². The fraction of sp³-hybridized carbons (Fsp3) is 0.250. The van der Waals surface area contributed by atoms with Gasteiger partial charge in [-0.3, -0.25) is 4.79 Å². The largest absolute Gasteiger partial charge is 0.453 e. The predicted octanol–water partition coefficient (Wildman–Crippen LogP) is 5.69. The van der Waals surface area contributed by atoms with Gasteiger partial charge in [0.2, 0.25) is 6.79 Å². The van der Waals surface area contributed by atoms with Crippen molar-refractivity contribution in [3.05, 3.63) is 78.3 Å². The van der Waals surface area contributed by atoms with E-state index in [1.54, 1.807) is 0 Å². The van der Waals surface area contributed by atoms with Crippen LogP contribution in [-0.2, 0) is 0 Å². The summed E-state index contributed by atoms with van der Waals surface area (Å²) in [6.07, 6.45) is 7.67. The topological polar surface area (TPSA) is 120 Å². The molecule has 7 rings (SSSR count). The Labute approximate surface area is 242 Å². The lowest BCUT2D eigenvalue weighted by Gasteiger charge is -2.32. The van der Waals surface area contributed by atoms with Crippen LogP contribution >= 0.6 is 0 Å². The number of allylic oxidation sites excluding steroid dienone is 1. The van der Waals surface area contributed by atoms with Gasteiger partial charge in [0.1, 0.15) is 17.8 Å². The normalized spacial score (nSPS) is 16.5. The number of likely N-dealkylation sites (tertiary alicyclic amines) is 1. The molecule has 0 unspecified atom stereocenters. The molecule has 1 saturated heterocycles. The van der Waals surface area contributed by atoms with Crippen molar-refractivity contribution < 1.29 is 14.3 Å². The van der Waals surface area contributed by atoms with Crippen LogP contribution < -0.4 is 20.5 Å². The average Bonchev–Trinajstić information content (AvgIpc) is 3.65. The third-order valence-corrected chi connectivity index (χ3v) is 8.06. The molecule has 42 heavy (non-hydrogen) atoms. The van der Waals surface area contributed by atoms with Gasteiger partial charge < -0.3 is 25.4 Å². The van der Waals surface area contributed by atoms with Crippen LogP contribution in [-0.4, -0.2) is 50.4 Å². The van der Waals surface area contributed by atoms with Crippen molar-refractivity contribution >= 4 is 39.2 Å². The number of nitrogens with one attached hydrogen (secondary N) is 1. The lowest BCUT2D eigenvalue weighted by Crippen LogP contribution is -2.33. The number of rotatable bonds is 5. The highest BCUT2D eigenvalue weighted by Crippen LogP contribution is 2.48. The fourth-order valence-corrected chi connectivity index (χ4v) is 6.09. The third-order valence-electron chi connectivity index (χ3n) is 8.06. The zero-order valence-electron chi connectivity index (χ0n) is 23.5. The first-order valence-electron chi connectivity index (χ1n) is 14.1. The fourth-order valence-electron chi connectivity index (χ4n) is 6.09. The molecule has 3 aromatic carbocycles. The number of ether oxygens (including phenoxy) is 2. The van der Waals surface area contributed by atoms with Crippen molar-refractivity contribution in [3.63, 3.8) is 0 Å². The van der Waals surface area contributed by atoms with Gasteiger partial charge in [0.25, 0.3) is 5.91 Å². The van der Waals surface area contributed by atoms with Crippen molar-refractivity contribution in [3.8, 4) is 22.8 Å². The van der Waals surface area contributed by atoms with Gasteiger partial charge in [0.15, 0.2) is 17.1 Å². The van der Waals surface area contributed by atoms with Crippen LogP contribution in [0.1, 0.15) is 41.7 Å². The molecule has 0 radical (unpaired) electrons. The van der Waals surface area contributed by atoms with E-state index < -0.39 is 0 Å². The Balaban J connectivity index is 1.28. The summed E-state index contributed by atoms with van der Waals surface area (Å²) in [5.74, 6) is 1.06. The zero-order valence-corrected chi connectivity index (χ0v) is 23.5.